The third-order valence-electron chi connectivity index (χ3n) is 0. The van der Waals surface area contributed by atoms with Gasteiger partial charge in [-0.05, 0) is 0 Å². The van der Waals surface area contributed by atoms with Crippen LogP contribution in [0.2, 0.25) is 0 Å². The maximum absolute atomic E-state index is 0. The molecule has 0 atom stereocenters. The van der Waals surface area contributed by atoms with Gasteiger partial charge in [-0.2, -0.15) is 0 Å². The Labute approximate surface area is 71.1 Å². The summed E-state index contributed by atoms with van der Waals surface area (Å²) in [5, 5.41) is 0. The average Bonchev–Trinajstić information content (AvgIpc) is 0. The minimum absolute atomic E-state index is 0. The summed E-state index contributed by atoms with van der Waals surface area (Å²) in [6, 6.07) is 0. The summed E-state index contributed by atoms with van der Waals surface area (Å²) in [5.74, 6) is 0. The number of rotatable bonds is 0. The molecule has 0 aromatic heterocycles. The zero-order valence-corrected chi connectivity index (χ0v) is 6.56. The molecule has 0 aromatic carbocycles. The molecule has 0 saturated heterocycles. The van der Waals surface area contributed by atoms with Gasteiger partial charge in [-0.15, -0.1) is 0 Å². The van der Waals surface area contributed by atoms with Crippen molar-refractivity contribution in [3.05, 3.63) is 0 Å². The van der Waals surface area contributed by atoms with E-state index in [9.17, 15) is 0 Å². The molecule has 4 heteroatoms. The fourth-order valence-corrected chi connectivity index (χ4v) is 0. The van der Waals surface area contributed by atoms with Crippen molar-refractivity contribution in [3.63, 3.8) is 0 Å². The Morgan fingerprint density at radius 2 is 0.500 bits per heavy atom. The normalized spacial score (nSPS) is 0. The van der Waals surface area contributed by atoms with Crippen molar-refractivity contribution in [1.82, 2.24) is 0 Å². The third kappa shape index (κ3) is 8.88. The second-order valence-corrected chi connectivity index (χ2v) is 0. The average molecular weight is 269 g/mol. The van der Waals surface area contributed by atoms with Crippen molar-refractivity contribution in [3.8, 4) is 0 Å². The zero-order chi connectivity index (χ0) is 0. The van der Waals surface area contributed by atoms with E-state index < -0.39 is 0 Å². The molecule has 0 fully saturated rings. The SMILES string of the molecule is [Nb].[Ni].[Ni].[Ni]. The van der Waals surface area contributed by atoms with E-state index in [1.54, 1.807) is 0 Å². The van der Waals surface area contributed by atoms with Gasteiger partial charge in [0, 0.05) is 71.9 Å². The Kier molecular flexibility index (Phi) is 162. The van der Waals surface area contributed by atoms with Crippen LogP contribution in [-0.4, -0.2) is 0 Å². The topological polar surface area (TPSA) is 0 Å². The molecule has 0 unspecified atom stereocenters. The number of hydrogen-bond acceptors (Lipinski definition) is 0. The molecule has 0 aliphatic carbocycles. The van der Waals surface area contributed by atoms with Crippen LogP contribution in [0.5, 0.6) is 0 Å². The van der Waals surface area contributed by atoms with Gasteiger partial charge in [0.25, 0.3) is 0 Å². The summed E-state index contributed by atoms with van der Waals surface area (Å²) >= 11 is 0. The van der Waals surface area contributed by atoms with E-state index in [2.05, 4.69) is 0 Å². The van der Waals surface area contributed by atoms with E-state index in [4.69, 9.17) is 0 Å². The third-order valence-corrected chi connectivity index (χ3v) is 0. The van der Waals surface area contributed by atoms with Crippen molar-refractivity contribution in [1.29, 1.82) is 0 Å². The Morgan fingerprint density at radius 1 is 0.500 bits per heavy atom. The minimum atomic E-state index is 0. The molecule has 4 heavy (non-hydrogen) atoms. The first-order valence-corrected chi connectivity index (χ1v) is 0. The van der Waals surface area contributed by atoms with Gasteiger partial charge in [-0.25, -0.2) is 0 Å². The summed E-state index contributed by atoms with van der Waals surface area (Å²) in [4.78, 5) is 0. The predicted octanol–water partition coefficient (Wildman–Crippen LogP) is -0.0100. The monoisotopic (exact) mass is 267 g/mol. The van der Waals surface area contributed by atoms with E-state index in [0.717, 1.165) is 0 Å². The van der Waals surface area contributed by atoms with Gasteiger partial charge in [0.15, 0.2) is 0 Å². The van der Waals surface area contributed by atoms with Crippen LogP contribution in [0, 0.1) is 0 Å². The largest absolute Gasteiger partial charge is 0 e. The maximum Gasteiger partial charge on any atom is 0 e. The van der Waals surface area contributed by atoms with Gasteiger partial charge >= 0.3 is 0 Å². The molecular formula is NbNi3. The predicted molar refractivity (Wildman–Crippen MR) is 0 cm³/mol. The van der Waals surface area contributed by atoms with Crippen LogP contribution in [0.15, 0.2) is 0 Å². The van der Waals surface area contributed by atoms with E-state index in [1.807, 2.05) is 0 Å². The van der Waals surface area contributed by atoms with E-state index in [0.29, 0.717) is 0 Å². The van der Waals surface area contributed by atoms with Gasteiger partial charge in [-0.1, -0.05) is 0 Å². The van der Waals surface area contributed by atoms with Gasteiger partial charge < -0.3 is 0 Å². The van der Waals surface area contributed by atoms with Crippen molar-refractivity contribution in [2.75, 3.05) is 0 Å². The van der Waals surface area contributed by atoms with E-state index >= 15 is 0 Å². The van der Waals surface area contributed by atoms with Gasteiger partial charge in [0.05, 0.1) is 0 Å². The van der Waals surface area contributed by atoms with Gasteiger partial charge in [0.2, 0.25) is 0 Å². The molecule has 0 N–H and O–H groups in total. The zero-order valence-electron chi connectivity index (χ0n) is 1.40. The van der Waals surface area contributed by atoms with Crippen molar-refractivity contribution >= 4 is 0 Å². The molecule has 0 aliphatic rings. The van der Waals surface area contributed by atoms with Crippen LogP contribution in [0.1, 0.15) is 0 Å². The van der Waals surface area contributed by atoms with Crippen LogP contribution >= 0.6 is 0 Å². The first-order chi connectivity index (χ1) is 0. The molecular weight excluding hydrogens is 269 g/mol. The van der Waals surface area contributed by atoms with Crippen LogP contribution in [0.25, 0.3) is 0 Å². The summed E-state index contributed by atoms with van der Waals surface area (Å²) in [5.41, 5.74) is 0. The Hall–Kier alpha value is 2.22. The first kappa shape index (κ1) is 34.4. The van der Waals surface area contributed by atoms with Crippen LogP contribution in [0.3, 0.4) is 0 Å². The maximum atomic E-state index is 0. The molecule has 0 aliphatic heterocycles. The van der Waals surface area contributed by atoms with Gasteiger partial charge in [0.1, 0.15) is 0 Å². The second kappa shape index (κ2) is 18.9. The van der Waals surface area contributed by atoms with Crippen LogP contribution < -0.4 is 0 Å². The molecule has 0 spiro atoms. The molecule has 0 heterocycles. The quantitative estimate of drug-likeness (QED) is 0.543. The Balaban J connectivity index is 0. The molecule has 35 valence electrons. The Bertz CT molecular complexity index is 3.25. The van der Waals surface area contributed by atoms with Crippen molar-refractivity contribution in [2.45, 2.75) is 0 Å². The summed E-state index contributed by atoms with van der Waals surface area (Å²) in [6.45, 7) is 0. The fourth-order valence-electron chi connectivity index (χ4n) is 0. The standard InChI is InChI=1S/Nb.3Ni. The van der Waals surface area contributed by atoms with E-state index in [1.165, 1.54) is 0 Å². The van der Waals surface area contributed by atoms with Crippen molar-refractivity contribution < 1.29 is 71.9 Å². The van der Waals surface area contributed by atoms with Crippen molar-refractivity contribution in [2.24, 2.45) is 0 Å². The molecule has 1 radical (unpaired) electrons. The second-order valence-electron chi connectivity index (χ2n) is 0. The summed E-state index contributed by atoms with van der Waals surface area (Å²) in [7, 11) is 0. The molecule has 0 nitrogen and oxygen atoms in total. The molecule has 0 amide bonds. The van der Waals surface area contributed by atoms with E-state index in [-0.39, 0.29) is 71.9 Å². The summed E-state index contributed by atoms with van der Waals surface area (Å²) in [6.07, 6.45) is 0. The molecule has 0 bridgehead atoms. The summed E-state index contributed by atoms with van der Waals surface area (Å²) < 4.78 is 0. The van der Waals surface area contributed by atoms with Crippen LogP contribution in [0.4, 0.5) is 0 Å². The Morgan fingerprint density at radius 3 is 0.500 bits per heavy atom. The van der Waals surface area contributed by atoms with Crippen LogP contribution in [-0.2, 0) is 71.9 Å². The molecule has 0 saturated carbocycles. The molecule has 0 rings (SSSR count). The fraction of sp³-hybridized carbons (Fsp3) is 0. The van der Waals surface area contributed by atoms with Gasteiger partial charge in [-0.3, -0.25) is 0 Å². The first-order valence-electron chi connectivity index (χ1n) is 0. The number of hydrogen-bond donors (Lipinski definition) is 0. The molecule has 0 aromatic rings. The smallest absolute Gasteiger partial charge is 0 e. The minimum Gasteiger partial charge on any atom is 0 e.